The maximum atomic E-state index is 11.6. The van der Waals surface area contributed by atoms with Crippen molar-refractivity contribution in [3.63, 3.8) is 0 Å². The normalized spacial score (nSPS) is 20.1. The van der Waals surface area contributed by atoms with Crippen LogP contribution in [0.3, 0.4) is 0 Å². The van der Waals surface area contributed by atoms with Crippen LogP contribution in [-0.4, -0.2) is 22.4 Å². The summed E-state index contributed by atoms with van der Waals surface area (Å²) >= 11 is 6.01. The molecule has 1 fully saturated rings. The molecule has 0 radical (unpaired) electrons. The summed E-state index contributed by atoms with van der Waals surface area (Å²) in [6.07, 6.45) is 3.70. The average molecular weight is 398 g/mol. The summed E-state index contributed by atoms with van der Waals surface area (Å²) in [5, 5.41) is 13.3. The third kappa shape index (κ3) is 4.26. The fourth-order valence-electron chi connectivity index (χ4n) is 3.84. The molecule has 3 rings (SSSR count). The monoisotopic (exact) mass is 397 g/mol. The molecule has 1 aromatic carbocycles. The third-order valence-electron chi connectivity index (χ3n) is 5.83. The predicted octanol–water partition coefficient (Wildman–Crippen LogP) is 3.35. The first-order valence-corrected chi connectivity index (χ1v) is 9.72. The highest BCUT2D eigenvalue weighted by Crippen LogP contribution is 2.52. The second-order valence-corrected chi connectivity index (χ2v) is 8.32. The summed E-state index contributed by atoms with van der Waals surface area (Å²) in [6, 6.07) is 9.89. The molecule has 2 atom stereocenters. The van der Waals surface area contributed by atoms with E-state index in [2.05, 4.69) is 21.4 Å². The van der Waals surface area contributed by atoms with Gasteiger partial charge in [-0.1, -0.05) is 37.6 Å². The number of nitriles is 1. The van der Waals surface area contributed by atoms with Gasteiger partial charge in [0, 0.05) is 17.5 Å². The molecule has 1 saturated carbocycles. The Morgan fingerprint density at radius 1 is 1.46 bits per heavy atom. The Balaban J connectivity index is 1.65. The number of aromatic nitrogens is 2. The maximum absolute atomic E-state index is 11.6. The van der Waals surface area contributed by atoms with Crippen molar-refractivity contribution in [3.05, 3.63) is 52.3 Å². The standard InChI is InChI=1S/C21H24ClN5O/c1-21(2)15(9-17(21)19(24)28)10-18-14(11-23)12-26-20(27-18)25-7-6-13-4-3-5-16(22)8-13/h3-5,8,12,15,17H,6-7,9-10H2,1-2H3,(H2,24,28)(H,25,26,27)/t15-,17+/m0/s1. The van der Waals surface area contributed by atoms with Gasteiger partial charge in [0.25, 0.3) is 0 Å². The number of carbonyl (C=O) groups excluding carboxylic acids is 1. The van der Waals surface area contributed by atoms with E-state index in [4.69, 9.17) is 17.3 Å². The van der Waals surface area contributed by atoms with E-state index in [1.54, 1.807) is 6.20 Å². The first-order chi connectivity index (χ1) is 13.3. The summed E-state index contributed by atoms with van der Waals surface area (Å²) in [6.45, 7) is 4.76. The Bertz CT molecular complexity index is 921. The molecule has 1 aliphatic carbocycles. The first-order valence-electron chi connectivity index (χ1n) is 9.35. The van der Waals surface area contributed by atoms with Gasteiger partial charge in [0.2, 0.25) is 11.9 Å². The van der Waals surface area contributed by atoms with E-state index in [1.807, 2.05) is 38.1 Å². The molecule has 1 heterocycles. The van der Waals surface area contributed by atoms with E-state index in [1.165, 1.54) is 0 Å². The molecule has 6 nitrogen and oxygen atoms in total. The quantitative estimate of drug-likeness (QED) is 0.745. The minimum Gasteiger partial charge on any atom is -0.369 e. The molecule has 0 spiro atoms. The first kappa shape index (κ1) is 20.1. The van der Waals surface area contributed by atoms with Crippen LogP contribution in [0.1, 0.15) is 37.1 Å². The van der Waals surface area contributed by atoms with E-state index in [0.717, 1.165) is 18.4 Å². The predicted molar refractivity (Wildman–Crippen MR) is 109 cm³/mol. The highest BCUT2D eigenvalue weighted by atomic mass is 35.5. The minimum absolute atomic E-state index is 0.125. The van der Waals surface area contributed by atoms with Crippen LogP contribution in [0.15, 0.2) is 30.5 Å². The number of nitrogens with zero attached hydrogens (tertiary/aromatic N) is 3. The van der Waals surface area contributed by atoms with Crippen LogP contribution in [0.2, 0.25) is 5.02 Å². The largest absolute Gasteiger partial charge is 0.369 e. The van der Waals surface area contributed by atoms with Gasteiger partial charge in [-0.15, -0.1) is 0 Å². The summed E-state index contributed by atoms with van der Waals surface area (Å²) in [5.74, 6) is 0.374. The lowest BCUT2D eigenvalue weighted by Gasteiger charge is -2.50. The number of halogens is 1. The molecule has 0 bridgehead atoms. The minimum atomic E-state index is -0.257. The Kier molecular flexibility index (Phi) is 5.85. The zero-order chi connectivity index (χ0) is 20.3. The summed E-state index contributed by atoms with van der Waals surface area (Å²) in [4.78, 5) is 20.4. The van der Waals surface area contributed by atoms with Gasteiger partial charge >= 0.3 is 0 Å². The summed E-state index contributed by atoms with van der Waals surface area (Å²) in [7, 11) is 0. The van der Waals surface area contributed by atoms with E-state index in [-0.39, 0.29) is 23.2 Å². The molecule has 1 aromatic heterocycles. The number of amides is 1. The van der Waals surface area contributed by atoms with Crippen molar-refractivity contribution in [1.82, 2.24) is 9.97 Å². The van der Waals surface area contributed by atoms with Gasteiger partial charge in [-0.25, -0.2) is 9.97 Å². The van der Waals surface area contributed by atoms with Gasteiger partial charge < -0.3 is 11.1 Å². The maximum Gasteiger partial charge on any atom is 0.222 e. The van der Waals surface area contributed by atoms with Crippen molar-refractivity contribution in [2.75, 3.05) is 11.9 Å². The van der Waals surface area contributed by atoms with Crippen molar-refractivity contribution in [1.29, 1.82) is 5.26 Å². The van der Waals surface area contributed by atoms with Crippen LogP contribution < -0.4 is 11.1 Å². The number of nitrogens with two attached hydrogens (primary N) is 1. The second kappa shape index (κ2) is 8.15. The Morgan fingerprint density at radius 2 is 2.25 bits per heavy atom. The van der Waals surface area contributed by atoms with E-state index < -0.39 is 0 Å². The molecule has 0 aliphatic heterocycles. The molecular weight excluding hydrogens is 374 g/mol. The van der Waals surface area contributed by atoms with Crippen molar-refractivity contribution in [2.45, 2.75) is 33.1 Å². The van der Waals surface area contributed by atoms with Gasteiger partial charge in [0.15, 0.2) is 0 Å². The van der Waals surface area contributed by atoms with E-state index in [9.17, 15) is 10.1 Å². The number of anilines is 1. The van der Waals surface area contributed by atoms with Gasteiger partial charge in [0.1, 0.15) is 6.07 Å². The van der Waals surface area contributed by atoms with Crippen molar-refractivity contribution in [2.24, 2.45) is 23.0 Å². The number of primary amides is 1. The van der Waals surface area contributed by atoms with Crippen molar-refractivity contribution >= 4 is 23.5 Å². The Labute approximate surface area is 170 Å². The number of nitrogens with one attached hydrogen (secondary N) is 1. The molecule has 7 heteroatoms. The van der Waals surface area contributed by atoms with Crippen LogP contribution >= 0.6 is 11.6 Å². The Morgan fingerprint density at radius 3 is 2.89 bits per heavy atom. The highest BCUT2D eigenvalue weighted by Gasteiger charge is 2.50. The molecule has 0 saturated heterocycles. The lowest BCUT2D eigenvalue weighted by atomic mass is 9.53. The summed E-state index contributed by atoms with van der Waals surface area (Å²) < 4.78 is 0. The number of hydrogen-bond donors (Lipinski definition) is 2. The Hall–Kier alpha value is -2.65. The third-order valence-corrected chi connectivity index (χ3v) is 6.06. The second-order valence-electron chi connectivity index (χ2n) is 7.89. The topological polar surface area (TPSA) is 105 Å². The van der Waals surface area contributed by atoms with Crippen molar-refractivity contribution < 1.29 is 4.79 Å². The fourth-order valence-corrected chi connectivity index (χ4v) is 4.05. The van der Waals surface area contributed by atoms with Gasteiger partial charge in [-0.3, -0.25) is 4.79 Å². The van der Waals surface area contributed by atoms with Gasteiger partial charge in [-0.2, -0.15) is 5.26 Å². The van der Waals surface area contributed by atoms with Crippen LogP contribution in [-0.2, 0) is 17.6 Å². The number of benzene rings is 1. The fraction of sp³-hybridized carbons (Fsp3) is 0.429. The van der Waals surface area contributed by atoms with Crippen LogP contribution in [0.5, 0.6) is 0 Å². The molecule has 146 valence electrons. The average Bonchev–Trinajstić information content (AvgIpc) is 2.64. The molecule has 3 N–H and O–H groups in total. The smallest absolute Gasteiger partial charge is 0.222 e. The van der Waals surface area contributed by atoms with E-state index in [0.29, 0.717) is 35.2 Å². The molecule has 1 amide bonds. The summed E-state index contributed by atoms with van der Waals surface area (Å²) in [5.41, 5.74) is 7.61. The van der Waals surface area contributed by atoms with Gasteiger partial charge in [-0.05, 0) is 48.3 Å². The van der Waals surface area contributed by atoms with Crippen molar-refractivity contribution in [3.8, 4) is 6.07 Å². The number of hydrogen-bond acceptors (Lipinski definition) is 5. The van der Waals surface area contributed by atoms with Crippen LogP contribution in [0, 0.1) is 28.6 Å². The number of carbonyl (C=O) groups is 1. The molecule has 28 heavy (non-hydrogen) atoms. The SMILES string of the molecule is CC1(C)[C@H](Cc2nc(NCCc3cccc(Cl)c3)ncc2C#N)C[C@@H]1C(N)=O. The number of rotatable bonds is 7. The van der Waals surface area contributed by atoms with Crippen LogP contribution in [0.4, 0.5) is 5.95 Å². The highest BCUT2D eigenvalue weighted by molar-refractivity contribution is 6.30. The van der Waals surface area contributed by atoms with Crippen LogP contribution in [0.25, 0.3) is 0 Å². The zero-order valence-corrected chi connectivity index (χ0v) is 16.8. The molecule has 2 aromatic rings. The van der Waals surface area contributed by atoms with E-state index >= 15 is 0 Å². The zero-order valence-electron chi connectivity index (χ0n) is 16.1. The van der Waals surface area contributed by atoms with Gasteiger partial charge in [0.05, 0.1) is 17.5 Å². The lowest BCUT2D eigenvalue weighted by molar-refractivity contribution is -0.137. The lowest BCUT2D eigenvalue weighted by Crippen LogP contribution is -2.51. The molecule has 0 unspecified atom stereocenters. The molecule has 1 aliphatic rings. The molecular formula is C21H24ClN5O.